The second kappa shape index (κ2) is 6.30. The molecule has 0 aliphatic rings. The van der Waals surface area contributed by atoms with Crippen molar-refractivity contribution in [2.45, 2.75) is 13.1 Å². The fourth-order valence-corrected chi connectivity index (χ4v) is 2.32. The van der Waals surface area contributed by atoms with Crippen LogP contribution in [-0.2, 0) is 13.1 Å². The Morgan fingerprint density at radius 3 is 2.91 bits per heavy atom. The van der Waals surface area contributed by atoms with E-state index >= 15 is 0 Å². The first-order valence-corrected chi connectivity index (χ1v) is 7.08. The lowest BCUT2D eigenvalue weighted by Gasteiger charge is -2.17. The zero-order valence-electron chi connectivity index (χ0n) is 12.3. The lowest BCUT2D eigenvalue weighted by Crippen LogP contribution is -2.36. The molecule has 0 aliphatic heterocycles. The van der Waals surface area contributed by atoms with E-state index < -0.39 is 0 Å². The Morgan fingerprint density at radius 2 is 2.09 bits per heavy atom. The molecular weight excluding hydrogens is 278 g/mol. The first-order chi connectivity index (χ1) is 10.7. The number of amides is 2. The molecule has 22 heavy (non-hydrogen) atoms. The van der Waals surface area contributed by atoms with Crippen molar-refractivity contribution in [2.24, 2.45) is 0 Å². The van der Waals surface area contributed by atoms with Crippen LogP contribution in [0.15, 0.2) is 59.3 Å². The highest BCUT2D eigenvalue weighted by molar-refractivity contribution is 5.82. The van der Waals surface area contributed by atoms with Crippen molar-refractivity contribution in [1.82, 2.24) is 15.2 Å². The SMILES string of the molecule is CN(Cc1ccco1)C(=O)NCc1cccc2cccnc12. The van der Waals surface area contributed by atoms with E-state index in [1.54, 1.807) is 24.4 Å². The van der Waals surface area contributed by atoms with Gasteiger partial charge in [-0.25, -0.2) is 4.79 Å². The van der Waals surface area contributed by atoms with E-state index in [-0.39, 0.29) is 6.03 Å². The summed E-state index contributed by atoms with van der Waals surface area (Å²) < 4.78 is 5.24. The Labute approximate surface area is 128 Å². The third kappa shape index (κ3) is 3.09. The number of carbonyl (C=O) groups excluding carboxylic acids is 1. The number of hydrogen-bond donors (Lipinski definition) is 1. The van der Waals surface area contributed by atoms with Gasteiger partial charge in [0.1, 0.15) is 5.76 Å². The summed E-state index contributed by atoms with van der Waals surface area (Å²) in [5.41, 5.74) is 1.91. The molecule has 5 nitrogen and oxygen atoms in total. The van der Waals surface area contributed by atoms with Crippen LogP contribution in [0.25, 0.3) is 10.9 Å². The summed E-state index contributed by atoms with van der Waals surface area (Å²) in [7, 11) is 1.74. The molecule has 3 aromatic rings. The number of carbonyl (C=O) groups is 1. The molecule has 2 amide bonds. The number of pyridine rings is 1. The van der Waals surface area contributed by atoms with Crippen molar-refractivity contribution in [3.8, 4) is 0 Å². The number of hydrogen-bond acceptors (Lipinski definition) is 3. The number of benzene rings is 1. The van der Waals surface area contributed by atoms with E-state index in [4.69, 9.17) is 4.42 Å². The van der Waals surface area contributed by atoms with E-state index in [9.17, 15) is 4.79 Å². The molecule has 0 radical (unpaired) electrons. The molecule has 0 aliphatic carbocycles. The highest BCUT2D eigenvalue weighted by Crippen LogP contribution is 2.15. The first-order valence-electron chi connectivity index (χ1n) is 7.08. The van der Waals surface area contributed by atoms with Crippen LogP contribution in [0.1, 0.15) is 11.3 Å². The molecule has 0 fully saturated rings. The smallest absolute Gasteiger partial charge is 0.317 e. The van der Waals surface area contributed by atoms with E-state index in [0.29, 0.717) is 13.1 Å². The topological polar surface area (TPSA) is 58.4 Å². The summed E-state index contributed by atoms with van der Waals surface area (Å²) in [5.74, 6) is 0.754. The van der Waals surface area contributed by atoms with Crippen LogP contribution >= 0.6 is 0 Å². The lowest BCUT2D eigenvalue weighted by molar-refractivity contribution is 0.202. The van der Waals surface area contributed by atoms with Gasteiger partial charge in [-0.3, -0.25) is 4.98 Å². The number of rotatable bonds is 4. The third-order valence-corrected chi connectivity index (χ3v) is 3.47. The number of nitrogens with one attached hydrogen (secondary N) is 1. The van der Waals surface area contributed by atoms with Crippen LogP contribution in [0, 0.1) is 0 Å². The minimum Gasteiger partial charge on any atom is -0.467 e. The lowest BCUT2D eigenvalue weighted by atomic mass is 10.1. The second-order valence-electron chi connectivity index (χ2n) is 5.09. The largest absolute Gasteiger partial charge is 0.467 e. The van der Waals surface area contributed by atoms with Crippen LogP contribution in [0.5, 0.6) is 0 Å². The molecule has 2 heterocycles. The van der Waals surface area contributed by atoms with Gasteiger partial charge in [0.05, 0.1) is 18.3 Å². The molecule has 0 saturated carbocycles. The molecule has 1 aromatic carbocycles. The highest BCUT2D eigenvalue weighted by atomic mass is 16.3. The Morgan fingerprint density at radius 1 is 1.23 bits per heavy atom. The van der Waals surface area contributed by atoms with Crippen LogP contribution in [0.3, 0.4) is 0 Å². The normalized spacial score (nSPS) is 10.6. The van der Waals surface area contributed by atoms with Crippen LogP contribution in [-0.4, -0.2) is 23.0 Å². The van der Waals surface area contributed by atoms with Gasteiger partial charge in [-0.1, -0.05) is 24.3 Å². The second-order valence-corrected chi connectivity index (χ2v) is 5.09. The maximum atomic E-state index is 12.1. The number of furan rings is 1. The molecule has 0 spiro atoms. The summed E-state index contributed by atoms with van der Waals surface area (Å²) in [5, 5.41) is 3.98. The highest BCUT2D eigenvalue weighted by Gasteiger charge is 2.11. The summed E-state index contributed by atoms with van der Waals surface area (Å²) in [6, 6.07) is 13.4. The molecule has 0 unspecified atom stereocenters. The molecule has 0 atom stereocenters. The molecule has 0 bridgehead atoms. The maximum Gasteiger partial charge on any atom is 0.317 e. The Hall–Kier alpha value is -2.82. The zero-order chi connectivity index (χ0) is 15.4. The van der Waals surface area contributed by atoms with Crippen LogP contribution < -0.4 is 5.32 Å². The Balaban J connectivity index is 1.65. The number of urea groups is 1. The molecule has 5 heteroatoms. The average molecular weight is 295 g/mol. The molecular formula is C17H17N3O2. The van der Waals surface area contributed by atoms with Gasteiger partial charge < -0.3 is 14.6 Å². The zero-order valence-corrected chi connectivity index (χ0v) is 12.3. The number of para-hydroxylation sites is 1. The van der Waals surface area contributed by atoms with Gasteiger partial charge in [-0.2, -0.15) is 0 Å². The van der Waals surface area contributed by atoms with Gasteiger partial charge in [-0.05, 0) is 23.8 Å². The van der Waals surface area contributed by atoms with E-state index in [0.717, 1.165) is 22.2 Å². The monoisotopic (exact) mass is 295 g/mol. The molecule has 3 rings (SSSR count). The minimum atomic E-state index is -0.149. The van der Waals surface area contributed by atoms with Crippen molar-refractivity contribution in [3.63, 3.8) is 0 Å². The van der Waals surface area contributed by atoms with Crippen molar-refractivity contribution in [2.75, 3.05) is 7.05 Å². The van der Waals surface area contributed by atoms with Crippen molar-refractivity contribution < 1.29 is 9.21 Å². The summed E-state index contributed by atoms with van der Waals surface area (Å²) in [6.07, 6.45) is 3.36. The summed E-state index contributed by atoms with van der Waals surface area (Å²) in [4.78, 5) is 18.1. The van der Waals surface area contributed by atoms with Gasteiger partial charge in [0.2, 0.25) is 0 Å². The molecule has 0 saturated heterocycles. The van der Waals surface area contributed by atoms with Crippen molar-refractivity contribution in [1.29, 1.82) is 0 Å². The standard InChI is InChI=1S/C17H17N3O2/c1-20(12-15-8-4-10-22-15)17(21)19-11-14-6-2-5-13-7-3-9-18-16(13)14/h2-10H,11-12H2,1H3,(H,19,21). The molecule has 2 aromatic heterocycles. The summed E-state index contributed by atoms with van der Waals surface area (Å²) >= 11 is 0. The van der Waals surface area contributed by atoms with Gasteiger partial charge in [0.25, 0.3) is 0 Å². The predicted octanol–water partition coefficient (Wildman–Crippen LogP) is 3.17. The molecule has 1 N–H and O–H groups in total. The summed E-state index contributed by atoms with van der Waals surface area (Å²) in [6.45, 7) is 0.877. The minimum absolute atomic E-state index is 0.149. The number of fused-ring (bicyclic) bond motifs is 1. The maximum absolute atomic E-state index is 12.1. The van der Waals surface area contributed by atoms with E-state index in [2.05, 4.69) is 10.3 Å². The average Bonchev–Trinajstić information content (AvgIpc) is 3.05. The van der Waals surface area contributed by atoms with Crippen LogP contribution in [0.2, 0.25) is 0 Å². The number of aromatic nitrogens is 1. The Kier molecular flexibility index (Phi) is 4.05. The molecule has 112 valence electrons. The van der Waals surface area contributed by atoms with Gasteiger partial charge in [0.15, 0.2) is 0 Å². The van der Waals surface area contributed by atoms with Crippen molar-refractivity contribution >= 4 is 16.9 Å². The van der Waals surface area contributed by atoms with Gasteiger partial charge in [-0.15, -0.1) is 0 Å². The van der Waals surface area contributed by atoms with E-state index in [1.165, 1.54) is 0 Å². The van der Waals surface area contributed by atoms with Crippen LogP contribution in [0.4, 0.5) is 4.79 Å². The predicted molar refractivity (Wildman–Crippen MR) is 84.2 cm³/mol. The Bertz CT molecular complexity index is 763. The third-order valence-electron chi connectivity index (χ3n) is 3.47. The van der Waals surface area contributed by atoms with Crippen molar-refractivity contribution in [3.05, 3.63) is 66.2 Å². The van der Waals surface area contributed by atoms with Gasteiger partial charge in [0, 0.05) is 25.2 Å². The fourth-order valence-electron chi connectivity index (χ4n) is 2.32. The quantitative estimate of drug-likeness (QED) is 0.804. The van der Waals surface area contributed by atoms with Gasteiger partial charge >= 0.3 is 6.03 Å². The first kappa shape index (κ1) is 14.1. The number of nitrogens with zero attached hydrogens (tertiary/aromatic N) is 2. The van der Waals surface area contributed by atoms with E-state index in [1.807, 2.05) is 42.5 Å². The fraction of sp³-hybridized carbons (Fsp3) is 0.176.